The third kappa shape index (κ3) is 5.00. The number of aliphatic hydroxyl groups excluding tert-OH is 1. The van der Waals surface area contributed by atoms with E-state index in [4.69, 9.17) is 14.6 Å². The van der Waals surface area contributed by atoms with Gasteiger partial charge in [0.2, 0.25) is 0 Å². The van der Waals surface area contributed by atoms with Gasteiger partial charge in [-0.05, 0) is 19.1 Å². The van der Waals surface area contributed by atoms with Crippen LogP contribution in [0.1, 0.15) is 12.7 Å². The Balaban J connectivity index is 1.77. The predicted molar refractivity (Wildman–Crippen MR) is 81.7 cm³/mol. The average molecular weight is 293 g/mol. The Morgan fingerprint density at radius 3 is 3.00 bits per heavy atom. The molecule has 6 nitrogen and oxygen atoms in total. The molecule has 0 bridgehead atoms. The second kappa shape index (κ2) is 8.61. The van der Waals surface area contributed by atoms with Gasteiger partial charge in [0, 0.05) is 25.6 Å². The number of hydrogen-bond acceptors (Lipinski definition) is 5. The van der Waals surface area contributed by atoms with Gasteiger partial charge in [-0.3, -0.25) is 0 Å². The first-order valence-corrected chi connectivity index (χ1v) is 7.34. The monoisotopic (exact) mass is 293 g/mol. The Labute approximate surface area is 124 Å². The van der Waals surface area contributed by atoms with E-state index >= 15 is 0 Å². The van der Waals surface area contributed by atoms with Crippen LogP contribution < -0.4 is 10.1 Å². The van der Waals surface area contributed by atoms with Crippen LogP contribution in [0.3, 0.4) is 0 Å². The summed E-state index contributed by atoms with van der Waals surface area (Å²) in [7, 11) is 0. The van der Waals surface area contributed by atoms with Crippen LogP contribution in [0.5, 0.6) is 5.75 Å². The first-order chi connectivity index (χ1) is 10.3. The summed E-state index contributed by atoms with van der Waals surface area (Å²) in [4.78, 5) is 7.86. The summed E-state index contributed by atoms with van der Waals surface area (Å²) in [5.41, 5.74) is 1.96. The molecule has 0 atom stereocenters. The molecule has 1 aromatic carbocycles. The van der Waals surface area contributed by atoms with Gasteiger partial charge >= 0.3 is 0 Å². The van der Waals surface area contributed by atoms with Gasteiger partial charge in [0.1, 0.15) is 11.6 Å². The number of aliphatic hydroxyl groups is 1. The van der Waals surface area contributed by atoms with Crippen LogP contribution in [0, 0.1) is 0 Å². The van der Waals surface area contributed by atoms with Gasteiger partial charge < -0.3 is 24.9 Å². The van der Waals surface area contributed by atoms with Gasteiger partial charge in [-0.15, -0.1) is 0 Å². The molecular weight excluding hydrogens is 270 g/mol. The summed E-state index contributed by atoms with van der Waals surface area (Å²) in [6.45, 7) is 5.32. The van der Waals surface area contributed by atoms with E-state index in [0.29, 0.717) is 19.8 Å². The zero-order chi connectivity index (χ0) is 14.9. The minimum atomic E-state index is 0.0721. The van der Waals surface area contributed by atoms with Gasteiger partial charge in [-0.2, -0.15) is 0 Å². The number of rotatable bonds is 10. The first kappa shape index (κ1) is 15.8. The van der Waals surface area contributed by atoms with Crippen LogP contribution in [0.4, 0.5) is 0 Å². The van der Waals surface area contributed by atoms with Crippen molar-refractivity contribution in [2.24, 2.45) is 0 Å². The van der Waals surface area contributed by atoms with Gasteiger partial charge in [0.15, 0.2) is 0 Å². The number of benzene rings is 1. The van der Waals surface area contributed by atoms with Crippen molar-refractivity contribution in [2.45, 2.75) is 13.3 Å². The highest BCUT2D eigenvalue weighted by molar-refractivity contribution is 5.76. The maximum Gasteiger partial charge on any atom is 0.121 e. The molecule has 3 N–H and O–H groups in total. The lowest BCUT2D eigenvalue weighted by Crippen LogP contribution is -2.23. The molecule has 0 aliphatic carbocycles. The van der Waals surface area contributed by atoms with Gasteiger partial charge in [-0.25, -0.2) is 4.98 Å². The number of imidazole rings is 1. The van der Waals surface area contributed by atoms with E-state index in [0.717, 1.165) is 42.1 Å². The molecule has 6 heteroatoms. The van der Waals surface area contributed by atoms with E-state index < -0.39 is 0 Å². The van der Waals surface area contributed by atoms with Crippen molar-refractivity contribution in [2.75, 3.05) is 39.5 Å². The van der Waals surface area contributed by atoms with E-state index in [1.54, 1.807) is 0 Å². The van der Waals surface area contributed by atoms with Crippen LogP contribution in [0.2, 0.25) is 0 Å². The summed E-state index contributed by atoms with van der Waals surface area (Å²) in [5, 5.41) is 11.9. The van der Waals surface area contributed by atoms with Crippen molar-refractivity contribution in [1.29, 1.82) is 0 Å². The molecule has 2 rings (SSSR count). The Morgan fingerprint density at radius 1 is 1.29 bits per heavy atom. The van der Waals surface area contributed by atoms with Crippen molar-refractivity contribution >= 4 is 11.0 Å². The number of H-pyrrole nitrogens is 1. The first-order valence-electron chi connectivity index (χ1n) is 7.34. The Bertz CT molecular complexity index is 542. The van der Waals surface area contributed by atoms with Gasteiger partial charge in [0.05, 0.1) is 37.5 Å². The van der Waals surface area contributed by atoms with E-state index in [1.807, 2.05) is 25.1 Å². The lowest BCUT2D eigenvalue weighted by Gasteiger charge is -2.03. The molecule has 21 heavy (non-hydrogen) atoms. The summed E-state index contributed by atoms with van der Waals surface area (Å²) in [5.74, 6) is 1.82. The molecule has 0 spiro atoms. The predicted octanol–water partition coefficient (Wildman–Crippen LogP) is 1.10. The third-order valence-electron chi connectivity index (χ3n) is 3.01. The standard InChI is InChI=1S/C15H23N3O3/c1-2-21-12-3-4-13-14(11-12)18-15(17-13)5-6-16-7-9-20-10-8-19/h3-4,11,16,19H,2,5-10H2,1H3,(H,17,18). The lowest BCUT2D eigenvalue weighted by molar-refractivity contribution is 0.0940. The van der Waals surface area contributed by atoms with Crippen molar-refractivity contribution in [3.63, 3.8) is 0 Å². The van der Waals surface area contributed by atoms with E-state index in [-0.39, 0.29) is 6.61 Å². The Morgan fingerprint density at radius 2 is 2.19 bits per heavy atom. The largest absolute Gasteiger partial charge is 0.494 e. The molecule has 0 saturated heterocycles. The second-order valence-electron chi connectivity index (χ2n) is 4.63. The number of nitrogens with one attached hydrogen (secondary N) is 2. The maximum atomic E-state index is 8.57. The van der Waals surface area contributed by atoms with Crippen LogP contribution in [-0.4, -0.2) is 54.6 Å². The van der Waals surface area contributed by atoms with Crippen molar-refractivity contribution in [1.82, 2.24) is 15.3 Å². The van der Waals surface area contributed by atoms with E-state index in [1.165, 1.54) is 0 Å². The highest BCUT2D eigenvalue weighted by Crippen LogP contribution is 2.19. The molecule has 2 aromatic rings. The minimum absolute atomic E-state index is 0.0721. The topological polar surface area (TPSA) is 79.4 Å². The van der Waals surface area contributed by atoms with Crippen LogP contribution >= 0.6 is 0 Å². The summed E-state index contributed by atoms with van der Waals surface area (Å²) in [6, 6.07) is 5.88. The number of ether oxygens (including phenoxy) is 2. The zero-order valence-corrected chi connectivity index (χ0v) is 12.4. The Hall–Kier alpha value is -1.63. The van der Waals surface area contributed by atoms with Crippen LogP contribution in [0.25, 0.3) is 11.0 Å². The number of aromatic nitrogens is 2. The fourth-order valence-corrected chi connectivity index (χ4v) is 2.06. The van der Waals surface area contributed by atoms with Gasteiger partial charge in [-0.1, -0.05) is 0 Å². The molecule has 0 amide bonds. The SMILES string of the molecule is CCOc1ccc2nc(CCNCCOCCO)[nH]c2c1. The number of nitrogens with zero attached hydrogens (tertiary/aromatic N) is 1. The summed E-state index contributed by atoms with van der Waals surface area (Å²) in [6.07, 6.45) is 0.832. The maximum absolute atomic E-state index is 8.57. The second-order valence-corrected chi connectivity index (χ2v) is 4.63. The average Bonchev–Trinajstić information content (AvgIpc) is 2.88. The zero-order valence-electron chi connectivity index (χ0n) is 12.4. The lowest BCUT2D eigenvalue weighted by atomic mass is 10.3. The highest BCUT2D eigenvalue weighted by Gasteiger charge is 2.04. The fourth-order valence-electron chi connectivity index (χ4n) is 2.06. The molecule has 116 valence electrons. The molecule has 0 fully saturated rings. The molecule has 0 saturated carbocycles. The van der Waals surface area contributed by atoms with E-state index in [9.17, 15) is 0 Å². The minimum Gasteiger partial charge on any atom is -0.494 e. The van der Waals surface area contributed by atoms with E-state index in [2.05, 4.69) is 15.3 Å². The van der Waals surface area contributed by atoms with Crippen molar-refractivity contribution in [3.05, 3.63) is 24.0 Å². The molecule has 0 radical (unpaired) electrons. The molecular formula is C15H23N3O3. The quantitative estimate of drug-likeness (QED) is 0.572. The number of hydrogen-bond donors (Lipinski definition) is 3. The van der Waals surface area contributed by atoms with Crippen molar-refractivity contribution < 1.29 is 14.6 Å². The Kier molecular flexibility index (Phi) is 6.46. The third-order valence-corrected chi connectivity index (χ3v) is 3.01. The summed E-state index contributed by atoms with van der Waals surface area (Å²) >= 11 is 0. The van der Waals surface area contributed by atoms with Crippen LogP contribution in [0.15, 0.2) is 18.2 Å². The normalized spacial score (nSPS) is 11.1. The number of aromatic amines is 1. The fraction of sp³-hybridized carbons (Fsp3) is 0.533. The molecule has 0 aliphatic heterocycles. The van der Waals surface area contributed by atoms with Crippen LogP contribution in [-0.2, 0) is 11.2 Å². The molecule has 0 unspecified atom stereocenters. The van der Waals surface area contributed by atoms with Gasteiger partial charge in [0.25, 0.3) is 0 Å². The molecule has 0 aliphatic rings. The van der Waals surface area contributed by atoms with Crippen molar-refractivity contribution in [3.8, 4) is 5.75 Å². The smallest absolute Gasteiger partial charge is 0.121 e. The molecule has 1 aromatic heterocycles. The molecule has 1 heterocycles. The summed E-state index contributed by atoms with van der Waals surface area (Å²) < 4.78 is 10.6. The number of fused-ring (bicyclic) bond motifs is 1. The highest BCUT2D eigenvalue weighted by atomic mass is 16.5.